The summed E-state index contributed by atoms with van der Waals surface area (Å²) in [6.07, 6.45) is 3.26. The predicted octanol–water partition coefficient (Wildman–Crippen LogP) is 4.11. The lowest BCUT2D eigenvalue weighted by Gasteiger charge is -2.24. The van der Waals surface area contributed by atoms with Crippen molar-refractivity contribution >= 4 is 29.3 Å². The SMILES string of the molecule is O=C(Nc1cccnc1)c1ccc([C@@H]2SCC(=O)N2Cc2ccccc2)cc1. The van der Waals surface area contributed by atoms with Crippen LogP contribution < -0.4 is 5.32 Å². The van der Waals surface area contributed by atoms with E-state index in [0.717, 1.165) is 11.1 Å². The molecule has 4 rings (SSSR count). The second-order valence-electron chi connectivity index (χ2n) is 6.49. The van der Waals surface area contributed by atoms with Crippen molar-refractivity contribution < 1.29 is 9.59 Å². The Morgan fingerprint density at radius 2 is 1.86 bits per heavy atom. The third kappa shape index (κ3) is 4.07. The molecule has 1 atom stereocenters. The number of benzene rings is 2. The van der Waals surface area contributed by atoms with E-state index in [9.17, 15) is 9.59 Å². The summed E-state index contributed by atoms with van der Waals surface area (Å²) >= 11 is 1.62. The van der Waals surface area contributed by atoms with Gasteiger partial charge in [-0.1, -0.05) is 42.5 Å². The van der Waals surface area contributed by atoms with Crippen molar-refractivity contribution in [3.05, 3.63) is 95.8 Å². The Kier molecular flexibility index (Phi) is 5.39. The number of aromatic nitrogens is 1. The second kappa shape index (κ2) is 8.27. The number of nitrogens with one attached hydrogen (secondary N) is 1. The van der Waals surface area contributed by atoms with E-state index in [1.165, 1.54) is 0 Å². The maximum absolute atomic E-state index is 12.4. The molecule has 1 aromatic heterocycles. The molecule has 0 spiro atoms. The molecule has 2 amide bonds. The molecule has 1 saturated heterocycles. The van der Waals surface area contributed by atoms with Crippen molar-refractivity contribution in [2.24, 2.45) is 0 Å². The fourth-order valence-corrected chi connectivity index (χ4v) is 4.31. The highest BCUT2D eigenvalue weighted by atomic mass is 32.2. The quantitative estimate of drug-likeness (QED) is 0.713. The maximum atomic E-state index is 12.4. The standard InChI is InChI=1S/C22H19N3O2S/c26-20-15-28-22(25(20)14-16-5-2-1-3-6-16)18-10-8-17(9-11-18)21(27)24-19-7-4-12-23-13-19/h1-13,22H,14-15H2,(H,24,27)/t22-/m0/s1. The Morgan fingerprint density at radius 3 is 2.57 bits per heavy atom. The molecule has 0 aliphatic carbocycles. The van der Waals surface area contributed by atoms with Crippen LogP contribution in [0, 0.1) is 0 Å². The van der Waals surface area contributed by atoms with Crippen molar-refractivity contribution in [3.63, 3.8) is 0 Å². The molecule has 5 nitrogen and oxygen atoms in total. The van der Waals surface area contributed by atoms with Crippen LogP contribution in [0.15, 0.2) is 79.1 Å². The highest BCUT2D eigenvalue weighted by Crippen LogP contribution is 2.39. The van der Waals surface area contributed by atoms with E-state index >= 15 is 0 Å². The largest absolute Gasteiger partial charge is 0.322 e. The maximum Gasteiger partial charge on any atom is 0.255 e. The zero-order valence-corrected chi connectivity index (χ0v) is 15.9. The smallest absolute Gasteiger partial charge is 0.255 e. The minimum absolute atomic E-state index is 0.0388. The van der Waals surface area contributed by atoms with Crippen molar-refractivity contribution in [1.29, 1.82) is 0 Å². The minimum atomic E-state index is -0.184. The molecule has 1 fully saturated rings. The fraction of sp³-hybridized carbons (Fsp3) is 0.136. The first-order valence-electron chi connectivity index (χ1n) is 8.97. The molecular formula is C22H19N3O2S. The van der Waals surface area contributed by atoms with Gasteiger partial charge in [0, 0.05) is 18.3 Å². The lowest BCUT2D eigenvalue weighted by atomic mass is 10.1. The number of carbonyl (C=O) groups excluding carboxylic acids is 2. The summed E-state index contributed by atoms with van der Waals surface area (Å²) in [4.78, 5) is 30.7. The van der Waals surface area contributed by atoms with Crippen LogP contribution in [0.5, 0.6) is 0 Å². The first kappa shape index (κ1) is 18.3. The van der Waals surface area contributed by atoms with E-state index in [2.05, 4.69) is 10.3 Å². The third-order valence-electron chi connectivity index (χ3n) is 4.54. The molecule has 2 aromatic carbocycles. The molecular weight excluding hydrogens is 370 g/mol. The Bertz CT molecular complexity index is 962. The van der Waals surface area contributed by atoms with Crippen LogP contribution in [0.2, 0.25) is 0 Å². The van der Waals surface area contributed by atoms with E-state index < -0.39 is 0 Å². The fourth-order valence-electron chi connectivity index (χ4n) is 3.12. The number of amides is 2. The van der Waals surface area contributed by atoms with E-state index in [4.69, 9.17) is 0 Å². The average molecular weight is 389 g/mol. The minimum Gasteiger partial charge on any atom is -0.322 e. The van der Waals surface area contributed by atoms with Crippen molar-refractivity contribution in [3.8, 4) is 0 Å². The van der Waals surface area contributed by atoms with E-state index in [0.29, 0.717) is 23.5 Å². The van der Waals surface area contributed by atoms with Gasteiger partial charge in [-0.3, -0.25) is 14.6 Å². The normalized spacial score (nSPS) is 16.2. The number of anilines is 1. The molecule has 140 valence electrons. The van der Waals surface area contributed by atoms with Crippen LogP contribution in [-0.4, -0.2) is 27.5 Å². The Morgan fingerprint density at radius 1 is 1.07 bits per heavy atom. The molecule has 0 radical (unpaired) electrons. The second-order valence-corrected chi connectivity index (χ2v) is 7.56. The zero-order valence-electron chi connectivity index (χ0n) is 15.1. The highest BCUT2D eigenvalue weighted by Gasteiger charge is 2.32. The zero-order chi connectivity index (χ0) is 19.3. The van der Waals surface area contributed by atoms with Crippen LogP contribution in [0.4, 0.5) is 5.69 Å². The van der Waals surface area contributed by atoms with Gasteiger partial charge in [0.05, 0.1) is 17.6 Å². The Hall–Kier alpha value is -3.12. The lowest BCUT2D eigenvalue weighted by Crippen LogP contribution is -2.27. The summed E-state index contributed by atoms with van der Waals surface area (Å²) in [6.45, 7) is 0.584. The summed E-state index contributed by atoms with van der Waals surface area (Å²) in [5, 5.41) is 2.79. The van der Waals surface area contributed by atoms with Crippen molar-refractivity contribution in [2.75, 3.05) is 11.1 Å². The van der Waals surface area contributed by atoms with Gasteiger partial charge in [-0.15, -0.1) is 11.8 Å². The first-order valence-corrected chi connectivity index (χ1v) is 10.0. The summed E-state index contributed by atoms with van der Waals surface area (Å²) in [6, 6.07) is 21.0. The Labute approximate surface area is 167 Å². The molecule has 0 bridgehead atoms. The summed E-state index contributed by atoms with van der Waals surface area (Å²) < 4.78 is 0. The first-order chi connectivity index (χ1) is 13.7. The number of thioether (sulfide) groups is 1. The molecule has 0 saturated carbocycles. The van der Waals surface area contributed by atoms with Gasteiger partial charge in [0.15, 0.2) is 0 Å². The molecule has 28 heavy (non-hydrogen) atoms. The van der Waals surface area contributed by atoms with Gasteiger partial charge < -0.3 is 10.2 Å². The third-order valence-corrected chi connectivity index (χ3v) is 5.80. The number of hydrogen-bond acceptors (Lipinski definition) is 4. The number of rotatable bonds is 5. The molecule has 1 aliphatic rings. The number of pyridine rings is 1. The van der Waals surface area contributed by atoms with Crippen LogP contribution >= 0.6 is 11.8 Å². The van der Waals surface area contributed by atoms with E-state index in [1.54, 1.807) is 48.4 Å². The highest BCUT2D eigenvalue weighted by molar-refractivity contribution is 8.00. The van der Waals surface area contributed by atoms with E-state index in [1.807, 2.05) is 47.4 Å². The lowest BCUT2D eigenvalue weighted by molar-refractivity contribution is -0.128. The van der Waals surface area contributed by atoms with Crippen molar-refractivity contribution in [2.45, 2.75) is 11.9 Å². The van der Waals surface area contributed by atoms with Gasteiger partial charge in [-0.05, 0) is 35.4 Å². The monoisotopic (exact) mass is 389 g/mol. The predicted molar refractivity (Wildman–Crippen MR) is 111 cm³/mol. The van der Waals surface area contributed by atoms with Gasteiger partial charge in [-0.25, -0.2) is 0 Å². The molecule has 1 aliphatic heterocycles. The van der Waals surface area contributed by atoms with Crippen LogP contribution in [0.25, 0.3) is 0 Å². The van der Waals surface area contributed by atoms with Gasteiger partial charge >= 0.3 is 0 Å². The topological polar surface area (TPSA) is 62.3 Å². The van der Waals surface area contributed by atoms with Crippen LogP contribution in [0.1, 0.15) is 26.9 Å². The molecule has 6 heteroatoms. The molecule has 0 unspecified atom stereocenters. The van der Waals surface area contributed by atoms with Gasteiger partial charge in [-0.2, -0.15) is 0 Å². The van der Waals surface area contributed by atoms with Gasteiger partial charge in [0.1, 0.15) is 5.37 Å². The van der Waals surface area contributed by atoms with Gasteiger partial charge in [0.2, 0.25) is 5.91 Å². The number of nitrogens with zero attached hydrogens (tertiary/aromatic N) is 2. The summed E-state index contributed by atoms with van der Waals surface area (Å²) in [7, 11) is 0. The number of carbonyl (C=O) groups is 2. The summed E-state index contributed by atoms with van der Waals surface area (Å²) in [5.74, 6) is 0.425. The molecule has 1 N–H and O–H groups in total. The van der Waals surface area contributed by atoms with Crippen LogP contribution in [0.3, 0.4) is 0 Å². The molecule has 2 heterocycles. The average Bonchev–Trinajstić information content (AvgIpc) is 3.10. The summed E-state index contributed by atoms with van der Waals surface area (Å²) in [5.41, 5.74) is 3.35. The van der Waals surface area contributed by atoms with Gasteiger partial charge in [0.25, 0.3) is 5.91 Å². The molecule has 3 aromatic rings. The van der Waals surface area contributed by atoms with E-state index in [-0.39, 0.29) is 17.2 Å². The van der Waals surface area contributed by atoms with Crippen LogP contribution in [-0.2, 0) is 11.3 Å². The van der Waals surface area contributed by atoms with Crippen molar-refractivity contribution in [1.82, 2.24) is 9.88 Å². The Balaban J connectivity index is 1.48. The number of hydrogen-bond donors (Lipinski definition) is 1.